The summed E-state index contributed by atoms with van der Waals surface area (Å²) in [6.07, 6.45) is 0.666. The molecule has 0 spiro atoms. The predicted octanol–water partition coefficient (Wildman–Crippen LogP) is 4.38. The molecule has 0 radical (unpaired) electrons. The molecule has 4 amide bonds. The number of amides is 4. The molecule has 4 rings (SSSR count). The van der Waals surface area contributed by atoms with Gasteiger partial charge in [-0.2, -0.15) is 0 Å². The van der Waals surface area contributed by atoms with Crippen molar-refractivity contribution in [3.63, 3.8) is 0 Å². The van der Waals surface area contributed by atoms with E-state index in [2.05, 4.69) is 5.32 Å². The minimum Gasteiger partial charge on any atom is -0.336 e. The van der Waals surface area contributed by atoms with E-state index in [1.54, 1.807) is 36.1 Å². The lowest BCUT2D eigenvalue weighted by atomic mass is 9.92. The van der Waals surface area contributed by atoms with Crippen molar-refractivity contribution >= 4 is 29.4 Å². The van der Waals surface area contributed by atoms with Crippen LogP contribution in [0.5, 0.6) is 0 Å². The van der Waals surface area contributed by atoms with E-state index in [0.717, 1.165) is 16.0 Å². The molecular formula is C27H26ClN3O3. The van der Waals surface area contributed by atoms with Crippen molar-refractivity contribution in [2.75, 3.05) is 13.1 Å². The van der Waals surface area contributed by atoms with Crippen molar-refractivity contribution < 1.29 is 14.4 Å². The summed E-state index contributed by atoms with van der Waals surface area (Å²) in [7, 11) is 0. The molecule has 0 bridgehead atoms. The van der Waals surface area contributed by atoms with Crippen molar-refractivity contribution in [3.05, 3.63) is 107 Å². The quantitative estimate of drug-likeness (QED) is 0.491. The van der Waals surface area contributed by atoms with Crippen LogP contribution in [-0.4, -0.2) is 40.7 Å². The maximum absolute atomic E-state index is 13.3. The molecule has 1 heterocycles. The number of hydrogen-bond acceptors (Lipinski definition) is 3. The van der Waals surface area contributed by atoms with Crippen LogP contribution in [0.1, 0.15) is 23.6 Å². The normalized spacial score (nSPS) is 17.5. The van der Waals surface area contributed by atoms with E-state index >= 15 is 0 Å². The average Bonchev–Trinajstić information content (AvgIpc) is 3.06. The third-order valence-electron chi connectivity index (χ3n) is 6.05. The summed E-state index contributed by atoms with van der Waals surface area (Å²) in [4.78, 5) is 42.0. The number of carbonyl (C=O) groups excluding carboxylic acids is 3. The Morgan fingerprint density at radius 3 is 2.24 bits per heavy atom. The summed E-state index contributed by atoms with van der Waals surface area (Å²) < 4.78 is 0. The number of imide groups is 1. The van der Waals surface area contributed by atoms with Crippen LogP contribution in [-0.2, 0) is 28.1 Å². The van der Waals surface area contributed by atoms with Gasteiger partial charge in [0.05, 0.1) is 0 Å². The highest BCUT2D eigenvalue weighted by molar-refractivity contribution is 6.30. The molecule has 0 aromatic heterocycles. The highest BCUT2D eigenvalue weighted by atomic mass is 35.5. The van der Waals surface area contributed by atoms with E-state index in [0.29, 0.717) is 30.1 Å². The molecule has 6 nitrogen and oxygen atoms in total. The van der Waals surface area contributed by atoms with Crippen molar-refractivity contribution in [1.29, 1.82) is 0 Å². The maximum Gasteiger partial charge on any atom is 0.325 e. The highest BCUT2D eigenvalue weighted by Gasteiger charge is 2.49. The molecule has 174 valence electrons. The van der Waals surface area contributed by atoms with Crippen molar-refractivity contribution in [3.8, 4) is 0 Å². The molecule has 1 saturated heterocycles. The third kappa shape index (κ3) is 5.13. The van der Waals surface area contributed by atoms with Gasteiger partial charge in [-0.05, 0) is 42.2 Å². The first-order valence-electron chi connectivity index (χ1n) is 11.1. The first kappa shape index (κ1) is 23.5. The minimum atomic E-state index is -1.28. The van der Waals surface area contributed by atoms with E-state index < -0.39 is 17.5 Å². The molecule has 1 atom stereocenters. The molecule has 1 fully saturated rings. The van der Waals surface area contributed by atoms with Crippen LogP contribution in [0.25, 0.3) is 0 Å². The van der Waals surface area contributed by atoms with Gasteiger partial charge in [0.25, 0.3) is 5.91 Å². The molecule has 1 unspecified atom stereocenters. The molecule has 7 heteroatoms. The van der Waals surface area contributed by atoms with E-state index in [1.165, 1.54) is 0 Å². The number of urea groups is 1. The van der Waals surface area contributed by atoms with Crippen LogP contribution in [0.15, 0.2) is 84.9 Å². The van der Waals surface area contributed by atoms with E-state index in [-0.39, 0.29) is 12.5 Å². The summed E-state index contributed by atoms with van der Waals surface area (Å²) >= 11 is 6.10. The van der Waals surface area contributed by atoms with Crippen molar-refractivity contribution in [1.82, 2.24) is 15.1 Å². The molecule has 1 N–H and O–H groups in total. The Kier molecular flexibility index (Phi) is 6.98. The zero-order valence-electron chi connectivity index (χ0n) is 18.9. The van der Waals surface area contributed by atoms with Gasteiger partial charge in [-0.25, -0.2) is 4.79 Å². The zero-order valence-corrected chi connectivity index (χ0v) is 19.7. The Labute approximate surface area is 204 Å². The van der Waals surface area contributed by atoms with Crippen LogP contribution in [0.2, 0.25) is 5.02 Å². The standard InChI is InChI=1S/C27H26ClN3O3/c1-27(22-13-8-14-23(28)17-22)25(33)31(26(34)29-27)19-24(32)30(18-21-11-6-3-7-12-21)16-15-20-9-4-2-5-10-20/h2-14,17H,15-16,18-19H2,1H3,(H,29,34). The second-order valence-corrected chi connectivity index (χ2v) is 8.93. The fourth-order valence-electron chi connectivity index (χ4n) is 4.08. The second kappa shape index (κ2) is 10.1. The molecule has 3 aromatic carbocycles. The third-order valence-corrected chi connectivity index (χ3v) is 6.29. The lowest BCUT2D eigenvalue weighted by Crippen LogP contribution is -2.44. The number of nitrogens with zero attached hydrogens (tertiary/aromatic N) is 2. The van der Waals surface area contributed by atoms with Gasteiger partial charge in [0.15, 0.2) is 0 Å². The lowest BCUT2D eigenvalue weighted by Gasteiger charge is -2.26. The number of benzene rings is 3. The van der Waals surface area contributed by atoms with Gasteiger partial charge >= 0.3 is 6.03 Å². The Morgan fingerprint density at radius 1 is 0.941 bits per heavy atom. The average molecular weight is 476 g/mol. The monoisotopic (exact) mass is 475 g/mol. The van der Waals surface area contributed by atoms with Gasteiger partial charge in [0, 0.05) is 18.1 Å². The van der Waals surface area contributed by atoms with Gasteiger partial charge in [-0.1, -0.05) is 84.4 Å². The molecule has 1 aliphatic heterocycles. The molecule has 0 saturated carbocycles. The summed E-state index contributed by atoms with van der Waals surface area (Å²) in [6.45, 7) is 2.15. The van der Waals surface area contributed by atoms with E-state index in [1.807, 2.05) is 60.7 Å². The smallest absolute Gasteiger partial charge is 0.325 e. The largest absolute Gasteiger partial charge is 0.336 e. The number of hydrogen-bond donors (Lipinski definition) is 1. The second-order valence-electron chi connectivity index (χ2n) is 8.49. The number of rotatable bonds is 8. The Morgan fingerprint density at radius 2 is 1.59 bits per heavy atom. The van der Waals surface area contributed by atoms with Crippen LogP contribution in [0, 0.1) is 0 Å². The lowest BCUT2D eigenvalue weighted by molar-refractivity contribution is -0.139. The van der Waals surface area contributed by atoms with Crippen LogP contribution in [0.4, 0.5) is 4.79 Å². The van der Waals surface area contributed by atoms with Gasteiger partial charge in [0.1, 0.15) is 12.1 Å². The predicted molar refractivity (Wildman–Crippen MR) is 131 cm³/mol. The Balaban J connectivity index is 1.51. The van der Waals surface area contributed by atoms with Gasteiger partial charge in [-0.3, -0.25) is 14.5 Å². The molecule has 1 aliphatic rings. The van der Waals surface area contributed by atoms with Crippen molar-refractivity contribution in [2.45, 2.75) is 25.4 Å². The van der Waals surface area contributed by atoms with Gasteiger partial charge in [0.2, 0.25) is 5.91 Å². The topological polar surface area (TPSA) is 69.7 Å². The van der Waals surface area contributed by atoms with Gasteiger partial charge in [-0.15, -0.1) is 0 Å². The van der Waals surface area contributed by atoms with Crippen molar-refractivity contribution in [2.24, 2.45) is 0 Å². The molecular weight excluding hydrogens is 450 g/mol. The summed E-state index contributed by atoms with van der Waals surface area (Å²) in [5, 5.41) is 3.20. The fraction of sp³-hybridized carbons (Fsp3) is 0.222. The summed E-state index contributed by atoms with van der Waals surface area (Å²) in [5.41, 5.74) is 1.37. The van der Waals surface area contributed by atoms with Crippen LogP contribution in [0.3, 0.4) is 0 Å². The van der Waals surface area contributed by atoms with Crippen LogP contribution < -0.4 is 5.32 Å². The summed E-state index contributed by atoms with van der Waals surface area (Å²) in [5.74, 6) is -0.769. The van der Waals surface area contributed by atoms with Gasteiger partial charge < -0.3 is 10.2 Å². The summed E-state index contributed by atoms with van der Waals surface area (Å²) in [6, 6.07) is 25.8. The molecule has 0 aliphatic carbocycles. The highest BCUT2D eigenvalue weighted by Crippen LogP contribution is 2.30. The zero-order chi connectivity index (χ0) is 24.1. The SMILES string of the molecule is CC1(c2cccc(Cl)c2)NC(=O)N(CC(=O)N(CCc2ccccc2)Cc2ccccc2)C1=O. The molecule has 34 heavy (non-hydrogen) atoms. The van der Waals surface area contributed by atoms with E-state index in [4.69, 9.17) is 11.6 Å². The maximum atomic E-state index is 13.3. The number of carbonyl (C=O) groups is 3. The van der Waals surface area contributed by atoms with E-state index in [9.17, 15) is 14.4 Å². The minimum absolute atomic E-state index is 0.293. The number of nitrogens with one attached hydrogen (secondary N) is 1. The fourth-order valence-corrected chi connectivity index (χ4v) is 4.27. The van der Waals surface area contributed by atoms with Crippen LogP contribution >= 0.6 is 11.6 Å². The first-order valence-corrected chi connectivity index (χ1v) is 11.5. The molecule has 3 aromatic rings. The Hall–Kier alpha value is -3.64. The Bertz CT molecular complexity index is 1190. The number of halogens is 1. The first-order chi connectivity index (χ1) is 16.4.